The number of nitrogens with zero attached hydrogens (tertiary/aromatic N) is 2. The van der Waals surface area contributed by atoms with Crippen LogP contribution in [0.15, 0.2) is 17.8 Å². The SMILES string of the molecule is CCNC(CC)C(C)c1ncnc2sccc12. The second-order valence-electron chi connectivity index (χ2n) is 4.26. The van der Waals surface area contributed by atoms with Crippen molar-refractivity contribution >= 4 is 21.6 Å². The molecule has 0 fully saturated rings. The molecule has 2 unspecified atom stereocenters. The fourth-order valence-corrected chi connectivity index (χ4v) is 3.04. The summed E-state index contributed by atoms with van der Waals surface area (Å²) >= 11 is 1.68. The minimum atomic E-state index is 0.417. The average Bonchev–Trinajstić information content (AvgIpc) is 2.83. The molecule has 0 radical (unpaired) electrons. The molecule has 2 aromatic heterocycles. The molecule has 0 aliphatic carbocycles. The van der Waals surface area contributed by atoms with E-state index >= 15 is 0 Å². The molecule has 2 heterocycles. The number of aromatic nitrogens is 2. The average molecular weight is 249 g/mol. The summed E-state index contributed by atoms with van der Waals surface area (Å²) in [5, 5.41) is 6.83. The third-order valence-electron chi connectivity index (χ3n) is 3.23. The maximum Gasteiger partial charge on any atom is 0.126 e. The van der Waals surface area contributed by atoms with Crippen molar-refractivity contribution in [2.45, 2.75) is 39.2 Å². The second kappa shape index (κ2) is 5.56. The zero-order valence-corrected chi connectivity index (χ0v) is 11.4. The maximum absolute atomic E-state index is 4.49. The molecule has 0 saturated carbocycles. The van der Waals surface area contributed by atoms with Gasteiger partial charge in [-0.1, -0.05) is 20.8 Å². The van der Waals surface area contributed by atoms with Gasteiger partial charge in [-0.15, -0.1) is 11.3 Å². The Morgan fingerprint density at radius 2 is 2.18 bits per heavy atom. The van der Waals surface area contributed by atoms with Crippen LogP contribution in [0.5, 0.6) is 0 Å². The van der Waals surface area contributed by atoms with Crippen LogP contribution in [0.1, 0.15) is 38.8 Å². The van der Waals surface area contributed by atoms with Crippen LogP contribution in [-0.4, -0.2) is 22.6 Å². The molecule has 4 heteroatoms. The quantitative estimate of drug-likeness (QED) is 0.884. The molecule has 2 aromatic rings. The van der Waals surface area contributed by atoms with Gasteiger partial charge in [0.2, 0.25) is 0 Å². The highest BCUT2D eigenvalue weighted by molar-refractivity contribution is 7.16. The van der Waals surface area contributed by atoms with Gasteiger partial charge in [-0.2, -0.15) is 0 Å². The molecule has 0 amide bonds. The molecule has 0 bridgehead atoms. The molecule has 0 aliphatic heterocycles. The zero-order valence-electron chi connectivity index (χ0n) is 10.6. The van der Waals surface area contributed by atoms with E-state index < -0.39 is 0 Å². The molecular weight excluding hydrogens is 230 g/mol. The largest absolute Gasteiger partial charge is 0.314 e. The summed E-state index contributed by atoms with van der Waals surface area (Å²) in [5.41, 5.74) is 1.17. The van der Waals surface area contributed by atoms with Crippen molar-refractivity contribution in [3.05, 3.63) is 23.5 Å². The predicted octanol–water partition coefficient (Wildman–Crippen LogP) is 3.18. The van der Waals surface area contributed by atoms with Crippen LogP contribution in [0, 0.1) is 0 Å². The van der Waals surface area contributed by atoms with E-state index in [4.69, 9.17) is 0 Å². The van der Waals surface area contributed by atoms with Gasteiger partial charge in [0.05, 0.1) is 5.69 Å². The fraction of sp³-hybridized carbons (Fsp3) is 0.538. The van der Waals surface area contributed by atoms with Crippen molar-refractivity contribution in [1.82, 2.24) is 15.3 Å². The molecule has 2 rings (SSSR count). The van der Waals surface area contributed by atoms with Crippen LogP contribution in [0.2, 0.25) is 0 Å². The minimum Gasteiger partial charge on any atom is -0.314 e. The Labute approximate surface area is 106 Å². The van der Waals surface area contributed by atoms with Crippen molar-refractivity contribution in [3.63, 3.8) is 0 Å². The van der Waals surface area contributed by atoms with E-state index in [9.17, 15) is 0 Å². The van der Waals surface area contributed by atoms with Crippen LogP contribution in [-0.2, 0) is 0 Å². The summed E-state index contributed by atoms with van der Waals surface area (Å²) in [7, 11) is 0. The summed E-state index contributed by atoms with van der Waals surface area (Å²) in [6.07, 6.45) is 2.80. The summed E-state index contributed by atoms with van der Waals surface area (Å²) < 4.78 is 0. The Morgan fingerprint density at radius 3 is 2.88 bits per heavy atom. The topological polar surface area (TPSA) is 37.8 Å². The van der Waals surface area contributed by atoms with Crippen LogP contribution < -0.4 is 5.32 Å². The monoisotopic (exact) mass is 249 g/mol. The van der Waals surface area contributed by atoms with Gasteiger partial charge < -0.3 is 5.32 Å². The van der Waals surface area contributed by atoms with Gasteiger partial charge in [0, 0.05) is 17.3 Å². The van der Waals surface area contributed by atoms with Gasteiger partial charge in [0.1, 0.15) is 11.2 Å². The number of thiophene rings is 1. The Balaban J connectivity index is 2.34. The van der Waals surface area contributed by atoms with E-state index in [0.717, 1.165) is 17.8 Å². The predicted molar refractivity (Wildman–Crippen MR) is 73.6 cm³/mol. The number of likely N-dealkylation sites (N-methyl/N-ethyl adjacent to an activating group) is 1. The summed E-state index contributed by atoms with van der Waals surface area (Å²) in [6, 6.07) is 2.61. The maximum atomic E-state index is 4.49. The van der Waals surface area contributed by atoms with Crippen LogP contribution in [0.3, 0.4) is 0 Å². The lowest BCUT2D eigenvalue weighted by molar-refractivity contribution is 0.444. The summed E-state index contributed by atoms with van der Waals surface area (Å²) in [6.45, 7) is 7.61. The van der Waals surface area contributed by atoms with E-state index in [-0.39, 0.29) is 0 Å². The number of fused-ring (bicyclic) bond motifs is 1. The highest BCUT2D eigenvalue weighted by Gasteiger charge is 2.20. The lowest BCUT2D eigenvalue weighted by Gasteiger charge is -2.23. The van der Waals surface area contributed by atoms with Crippen molar-refractivity contribution in [2.24, 2.45) is 0 Å². The van der Waals surface area contributed by atoms with Gasteiger partial charge in [0.15, 0.2) is 0 Å². The van der Waals surface area contributed by atoms with E-state index in [1.165, 1.54) is 11.1 Å². The first-order chi connectivity index (χ1) is 8.27. The van der Waals surface area contributed by atoms with Gasteiger partial charge >= 0.3 is 0 Å². The second-order valence-corrected chi connectivity index (χ2v) is 5.15. The molecule has 2 atom stereocenters. The molecule has 0 spiro atoms. The Bertz CT molecular complexity index is 480. The molecule has 92 valence electrons. The van der Waals surface area contributed by atoms with Crippen LogP contribution in [0.25, 0.3) is 10.2 Å². The third-order valence-corrected chi connectivity index (χ3v) is 4.05. The molecule has 0 saturated heterocycles. The molecule has 17 heavy (non-hydrogen) atoms. The van der Waals surface area contributed by atoms with Crippen molar-refractivity contribution in [3.8, 4) is 0 Å². The molecule has 0 aliphatic rings. The number of rotatable bonds is 5. The first-order valence-electron chi connectivity index (χ1n) is 6.19. The smallest absolute Gasteiger partial charge is 0.126 e. The summed E-state index contributed by atoms with van der Waals surface area (Å²) in [5.74, 6) is 0.417. The molecule has 1 N–H and O–H groups in total. The zero-order chi connectivity index (χ0) is 12.3. The van der Waals surface area contributed by atoms with Crippen molar-refractivity contribution in [1.29, 1.82) is 0 Å². The van der Waals surface area contributed by atoms with Gasteiger partial charge in [-0.3, -0.25) is 0 Å². The minimum absolute atomic E-state index is 0.417. The lowest BCUT2D eigenvalue weighted by Crippen LogP contribution is -2.33. The standard InChI is InChI=1S/C13H19N3S/c1-4-11(14-5-2)9(3)12-10-6-7-17-13(10)16-8-15-12/h6-9,11,14H,4-5H2,1-3H3. The lowest BCUT2D eigenvalue weighted by atomic mass is 9.94. The first-order valence-corrected chi connectivity index (χ1v) is 7.07. The molecular formula is C13H19N3S. The molecule has 0 aromatic carbocycles. The highest BCUT2D eigenvalue weighted by Crippen LogP contribution is 2.28. The van der Waals surface area contributed by atoms with E-state index in [2.05, 4.69) is 47.5 Å². The number of nitrogens with one attached hydrogen (secondary N) is 1. The van der Waals surface area contributed by atoms with Gasteiger partial charge in [-0.05, 0) is 24.4 Å². The van der Waals surface area contributed by atoms with E-state index in [0.29, 0.717) is 12.0 Å². The third kappa shape index (κ3) is 2.48. The number of hydrogen-bond acceptors (Lipinski definition) is 4. The van der Waals surface area contributed by atoms with E-state index in [1.54, 1.807) is 17.7 Å². The van der Waals surface area contributed by atoms with Gasteiger partial charge in [0.25, 0.3) is 0 Å². The number of hydrogen-bond donors (Lipinski definition) is 1. The highest BCUT2D eigenvalue weighted by atomic mass is 32.1. The van der Waals surface area contributed by atoms with Crippen molar-refractivity contribution in [2.75, 3.05) is 6.54 Å². The normalized spacial score (nSPS) is 15.0. The van der Waals surface area contributed by atoms with Crippen molar-refractivity contribution < 1.29 is 0 Å². The Morgan fingerprint density at radius 1 is 1.35 bits per heavy atom. The molecule has 3 nitrogen and oxygen atoms in total. The Kier molecular flexibility index (Phi) is 4.07. The Hall–Kier alpha value is -1.00. The van der Waals surface area contributed by atoms with Crippen LogP contribution >= 0.6 is 11.3 Å². The summed E-state index contributed by atoms with van der Waals surface area (Å²) in [4.78, 5) is 9.88. The first kappa shape index (κ1) is 12.5. The van der Waals surface area contributed by atoms with Crippen LogP contribution in [0.4, 0.5) is 0 Å². The fourth-order valence-electron chi connectivity index (χ4n) is 2.30. The van der Waals surface area contributed by atoms with E-state index in [1.807, 2.05) is 0 Å². The van der Waals surface area contributed by atoms with Gasteiger partial charge in [-0.25, -0.2) is 9.97 Å².